The summed E-state index contributed by atoms with van der Waals surface area (Å²) in [5, 5.41) is 9.69. The van der Waals surface area contributed by atoms with Gasteiger partial charge in [-0.15, -0.1) is 11.3 Å². The highest BCUT2D eigenvalue weighted by atomic mass is 32.1. The molecule has 0 fully saturated rings. The molecule has 0 saturated heterocycles. The topological polar surface area (TPSA) is 59.4 Å². The van der Waals surface area contributed by atoms with E-state index in [1.165, 1.54) is 23.5 Å². The maximum absolute atomic E-state index is 13.4. The second kappa shape index (κ2) is 5.36. The van der Waals surface area contributed by atoms with Crippen molar-refractivity contribution in [1.29, 1.82) is 0 Å². The Morgan fingerprint density at radius 1 is 1.47 bits per heavy atom. The van der Waals surface area contributed by atoms with Crippen LogP contribution in [0.25, 0.3) is 0 Å². The van der Waals surface area contributed by atoms with E-state index in [9.17, 15) is 9.18 Å². The van der Waals surface area contributed by atoms with E-state index in [1.54, 1.807) is 0 Å². The van der Waals surface area contributed by atoms with E-state index in [0.29, 0.717) is 0 Å². The third-order valence-electron chi connectivity index (χ3n) is 2.61. The standard InChI is InChI=1S/C13H12FNO3S/c1-7-8(2)19-11(15-7)6-18-10-5-3-4-9(14)12(10)13(16)17/h3-5H,6H2,1-2H3,(H,16,17). The molecule has 0 saturated carbocycles. The Kier molecular flexibility index (Phi) is 3.80. The molecular weight excluding hydrogens is 269 g/mol. The lowest BCUT2D eigenvalue weighted by molar-refractivity contribution is 0.0686. The molecule has 0 atom stereocenters. The first-order valence-electron chi connectivity index (χ1n) is 5.56. The van der Waals surface area contributed by atoms with E-state index in [1.807, 2.05) is 13.8 Å². The molecular formula is C13H12FNO3S. The fourth-order valence-electron chi connectivity index (χ4n) is 1.57. The number of aryl methyl sites for hydroxylation is 2. The van der Waals surface area contributed by atoms with Crippen LogP contribution in [-0.4, -0.2) is 16.1 Å². The molecule has 100 valence electrons. The summed E-state index contributed by atoms with van der Waals surface area (Å²) >= 11 is 1.47. The van der Waals surface area contributed by atoms with E-state index in [4.69, 9.17) is 9.84 Å². The maximum atomic E-state index is 13.4. The quantitative estimate of drug-likeness (QED) is 0.935. The Morgan fingerprint density at radius 2 is 2.21 bits per heavy atom. The zero-order valence-electron chi connectivity index (χ0n) is 10.4. The molecule has 2 rings (SSSR count). The summed E-state index contributed by atoms with van der Waals surface area (Å²) in [6.45, 7) is 3.96. The number of hydrogen-bond acceptors (Lipinski definition) is 4. The van der Waals surface area contributed by atoms with Gasteiger partial charge in [-0.3, -0.25) is 0 Å². The predicted octanol–water partition coefficient (Wildman–Crippen LogP) is 3.18. The van der Waals surface area contributed by atoms with Crippen LogP contribution in [0.5, 0.6) is 5.75 Å². The predicted molar refractivity (Wildman–Crippen MR) is 69.3 cm³/mol. The van der Waals surface area contributed by atoms with Gasteiger partial charge in [0.25, 0.3) is 0 Å². The van der Waals surface area contributed by atoms with Crippen LogP contribution in [0, 0.1) is 19.7 Å². The highest BCUT2D eigenvalue weighted by Gasteiger charge is 2.17. The van der Waals surface area contributed by atoms with E-state index in [0.717, 1.165) is 21.6 Å². The summed E-state index contributed by atoms with van der Waals surface area (Å²) < 4.78 is 18.8. The van der Waals surface area contributed by atoms with Crippen LogP contribution in [0.15, 0.2) is 18.2 Å². The number of hydrogen-bond donors (Lipinski definition) is 1. The van der Waals surface area contributed by atoms with E-state index in [2.05, 4.69) is 4.98 Å². The molecule has 0 aliphatic carbocycles. The summed E-state index contributed by atoms with van der Waals surface area (Å²) in [5.74, 6) is -2.14. The van der Waals surface area contributed by atoms with Crippen LogP contribution < -0.4 is 4.74 Å². The third-order valence-corrected chi connectivity index (χ3v) is 3.66. The summed E-state index contributed by atoms with van der Waals surface area (Å²) in [6, 6.07) is 3.93. The fraction of sp³-hybridized carbons (Fsp3) is 0.231. The highest BCUT2D eigenvalue weighted by Crippen LogP contribution is 2.24. The molecule has 19 heavy (non-hydrogen) atoms. The SMILES string of the molecule is Cc1nc(COc2cccc(F)c2C(=O)O)sc1C. The molecule has 0 aliphatic rings. The molecule has 0 amide bonds. The third kappa shape index (κ3) is 2.90. The van der Waals surface area contributed by atoms with Crippen molar-refractivity contribution in [2.45, 2.75) is 20.5 Å². The van der Waals surface area contributed by atoms with Gasteiger partial charge in [-0.25, -0.2) is 14.2 Å². The van der Waals surface area contributed by atoms with Crippen LogP contribution in [-0.2, 0) is 6.61 Å². The van der Waals surface area contributed by atoms with Crippen molar-refractivity contribution in [1.82, 2.24) is 4.98 Å². The van der Waals surface area contributed by atoms with Gasteiger partial charge in [0, 0.05) is 4.88 Å². The van der Waals surface area contributed by atoms with Crippen molar-refractivity contribution < 1.29 is 19.0 Å². The van der Waals surface area contributed by atoms with Gasteiger partial charge in [0.2, 0.25) is 0 Å². The van der Waals surface area contributed by atoms with E-state index in [-0.39, 0.29) is 12.4 Å². The molecule has 0 bridgehead atoms. The monoisotopic (exact) mass is 281 g/mol. The number of aromatic carboxylic acids is 1. The van der Waals surface area contributed by atoms with Crippen molar-refractivity contribution in [3.63, 3.8) is 0 Å². The summed E-state index contributed by atoms with van der Waals surface area (Å²) in [5.41, 5.74) is 0.466. The van der Waals surface area contributed by atoms with Crippen LogP contribution in [0.1, 0.15) is 25.9 Å². The number of thiazole rings is 1. The number of carboxylic acids is 1. The Hall–Kier alpha value is -1.95. The minimum Gasteiger partial charge on any atom is -0.485 e. The molecule has 0 spiro atoms. The number of benzene rings is 1. The van der Waals surface area contributed by atoms with Gasteiger partial charge >= 0.3 is 5.97 Å². The van der Waals surface area contributed by atoms with Crippen LogP contribution in [0.4, 0.5) is 4.39 Å². The number of carboxylic acid groups (broad SMARTS) is 1. The molecule has 4 nitrogen and oxygen atoms in total. The number of halogens is 1. The second-order valence-electron chi connectivity index (χ2n) is 3.96. The lowest BCUT2D eigenvalue weighted by atomic mass is 10.2. The molecule has 6 heteroatoms. The van der Waals surface area contributed by atoms with Gasteiger partial charge in [0.05, 0.1) is 5.69 Å². The minimum absolute atomic E-state index is 0.0120. The second-order valence-corrected chi connectivity index (χ2v) is 5.24. The van der Waals surface area contributed by atoms with Crippen molar-refractivity contribution in [2.24, 2.45) is 0 Å². The highest BCUT2D eigenvalue weighted by molar-refractivity contribution is 7.11. The van der Waals surface area contributed by atoms with Gasteiger partial charge in [-0.05, 0) is 26.0 Å². The van der Waals surface area contributed by atoms with Gasteiger partial charge in [-0.1, -0.05) is 6.07 Å². The van der Waals surface area contributed by atoms with Gasteiger partial charge in [-0.2, -0.15) is 0 Å². The molecule has 0 radical (unpaired) electrons. The normalized spacial score (nSPS) is 10.5. The van der Waals surface area contributed by atoms with E-state index >= 15 is 0 Å². The maximum Gasteiger partial charge on any atom is 0.342 e. The fourth-order valence-corrected chi connectivity index (χ4v) is 2.42. The van der Waals surface area contributed by atoms with Crippen molar-refractivity contribution in [3.05, 3.63) is 45.2 Å². The zero-order chi connectivity index (χ0) is 14.0. The molecule has 1 N–H and O–H groups in total. The van der Waals surface area contributed by atoms with Gasteiger partial charge in [0.1, 0.15) is 28.7 Å². The van der Waals surface area contributed by atoms with Crippen LogP contribution >= 0.6 is 11.3 Å². The zero-order valence-corrected chi connectivity index (χ0v) is 11.3. The van der Waals surface area contributed by atoms with Crippen LogP contribution in [0.2, 0.25) is 0 Å². The number of carbonyl (C=O) groups is 1. The van der Waals surface area contributed by atoms with Crippen molar-refractivity contribution >= 4 is 17.3 Å². The summed E-state index contributed by atoms with van der Waals surface area (Å²) in [7, 11) is 0. The van der Waals surface area contributed by atoms with Gasteiger partial charge < -0.3 is 9.84 Å². The number of rotatable bonds is 4. The largest absolute Gasteiger partial charge is 0.485 e. The van der Waals surface area contributed by atoms with Gasteiger partial charge in [0.15, 0.2) is 0 Å². The summed E-state index contributed by atoms with van der Waals surface area (Å²) in [6.07, 6.45) is 0. The first-order chi connectivity index (χ1) is 8.99. The smallest absolute Gasteiger partial charge is 0.342 e. The molecule has 1 heterocycles. The molecule has 0 aliphatic heterocycles. The summed E-state index contributed by atoms with van der Waals surface area (Å²) in [4.78, 5) is 16.3. The van der Waals surface area contributed by atoms with Crippen molar-refractivity contribution in [3.8, 4) is 5.75 Å². The first-order valence-corrected chi connectivity index (χ1v) is 6.38. The van der Waals surface area contributed by atoms with Crippen molar-refractivity contribution in [2.75, 3.05) is 0 Å². The van der Waals surface area contributed by atoms with E-state index < -0.39 is 17.3 Å². The molecule has 1 aromatic heterocycles. The molecule has 0 unspecified atom stereocenters. The Bertz CT molecular complexity index is 605. The Labute approximate surface area is 113 Å². The molecule has 1 aromatic carbocycles. The number of ether oxygens (including phenoxy) is 1. The number of nitrogens with zero attached hydrogens (tertiary/aromatic N) is 1. The molecule has 2 aromatic rings. The first kappa shape index (κ1) is 13.5. The van der Waals surface area contributed by atoms with Crippen LogP contribution in [0.3, 0.4) is 0 Å². The minimum atomic E-state index is -1.35. The lowest BCUT2D eigenvalue weighted by Gasteiger charge is -2.08. The average molecular weight is 281 g/mol. The number of aromatic nitrogens is 1. The lowest BCUT2D eigenvalue weighted by Crippen LogP contribution is -2.06. The average Bonchev–Trinajstić information content (AvgIpc) is 2.65. The Balaban J connectivity index is 2.20. The Morgan fingerprint density at radius 3 is 2.79 bits per heavy atom.